The molecule has 4 rings (SSSR count). The lowest BCUT2D eigenvalue weighted by Gasteiger charge is -2.38. The normalized spacial score (nSPS) is 26.6. The minimum absolute atomic E-state index is 0.0189. The highest BCUT2D eigenvalue weighted by atomic mass is 16.5. The van der Waals surface area contributed by atoms with E-state index in [-0.39, 0.29) is 12.2 Å². The Balaban J connectivity index is 2.09. The van der Waals surface area contributed by atoms with Gasteiger partial charge in [-0.25, -0.2) is 0 Å². The van der Waals surface area contributed by atoms with Crippen LogP contribution < -0.4 is 0 Å². The molecule has 3 nitrogen and oxygen atoms in total. The summed E-state index contributed by atoms with van der Waals surface area (Å²) in [5, 5.41) is 0. The third kappa shape index (κ3) is 2.01. The summed E-state index contributed by atoms with van der Waals surface area (Å²) in [6.07, 6.45) is 0.0377. The lowest BCUT2D eigenvalue weighted by molar-refractivity contribution is 0.0734. The molecule has 0 N–H and O–H groups in total. The first kappa shape index (κ1) is 14.9. The molecule has 120 valence electrons. The van der Waals surface area contributed by atoms with Gasteiger partial charge in [0.1, 0.15) is 0 Å². The predicted octanol–water partition coefficient (Wildman–Crippen LogP) is 4.09. The third-order valence-electron chi connectivity index (χ3n) is 5.27. The molecular weight excluding hydrogens is 288 g/mol. The Labute approximate surface area is 137 Å². The molecule has 0 aliphatic carbocycles. The van der Waals surface area contributed by atoms with Crippen LogP contribution in [0.4, 0.5) is 0 Å². The summed E-state index contributed by atoms with van der Waals surface area (Å²) in [5.74, 6) is 0. The zero-order chi connectivity index (χ0) is 16.3. The van der Waals surface area contributed by atoms with E-state index in [0.717, 1.165) is 16.7 Å². The van der Waals surface area contributed by atoms with Crippen LogP contribution in [0.1, 0.15) is 47.2 Å². The Morgan fingerprint density at radius 1 is 0.696 bits per heavy atom. The molecule has 3 aliphatic rings. The lowest BCUT2D eigenvalue weighted by Crippen LogP contribution is -2.29. The minimum Gasteiger partial charge on any atom is -0.372 e. The van der Waals surface area contributed by atoms with E-state index in [2.05, 4.69) is 33.6 Å². The fourth-order valence-corrected chi connectivity index (χ4v) is 3.93. The molecule has 0 fully saturated rings. The molecular formula is C20H22O3. The lowest BCUT2D eigenvalue weighted by atomic mass is 9.76. The minimum atomic E-state index is 0.0189. The van der Waals surface area contributed by atoms with Crippen LogP contribution in [0.2, 0.25) is 0 Å². The van der Waals surface area contributed by atoms with Crippen LogP contribution in [0.15, 0.2) is 19.7 Å². The van der Waals surface area contributed by atoms with Crippen molar-refractivity contribution in [1.29, 1.82) is 0 Å². The van der Waals surface area contributed by atoms with Gasteiger partial charge in [-0.1, -0.05) is 19.7 Å². The number of fused-ring (bicyclic) bond motifs is 6. The molecule has 3 heterocycles. The number of benzene rings is 1. The van der Waals surface area contributed by atoms with Crippen molar-refractivity contribution in [3.63, 3.8) is 0 Å². The van der Waals surface area contributed by atoms with Crippen molar-refractivity contribution in [2.24, 2.45) is 0 Å². The van der Waals surface area contributed by atoms with Crippen molar-refractivity contribution in [2.75, 3.05) is 6.61 Å². The van der Waals surface area contributed by atoms with Crippen LogP contribution in [-0.2, 0) is 34.0 Å². The van der Waals surface area contributed by atoms with Crippen molar-refractivity contribution >= 4 is 16.7 Å². The van der Waals surface area contributed by atoms with E-state index < -0.39 is 0 Å². The van der Waals surface area contributed by atoms with Crippen LogP contribution in [-0.4, -0.2) is 18.8 Å². The molecule has 0 amide bonds. The molecule has 3 aliphatic heterocycles. The van der Waals surface area contributed by atoms with Gasteiger partial charge in [0.25, 0.3) is 0 Å². The van der Waals surface area contributed by atoms with Gasteiger partial charge in [-0.15, -0.1) is 0 Å². The molecule has 1 aromatic rings. The Bertz CT molecular complexity index is 720. The first-order valence-corrected chi connectivity index (χ1v) is 8.08. The van der Waals surface area contributed by atoms with Crippen molar-refractivity contribution in [2.45, 2.75) is 45.9 Å². The van der Waals surface area contributed by atoms with Gasteiger partial charge < -0.3 is 14.2 Å². The third-order valence-corrected chi connectivity index (χ3v) is 5.27. The highest BCUT2D eigenvalue weighted by Crippen LogP contribution is 2.46. The first-order valence-electron chi connectivity index (χ1n) is 8.08. The smallest absolute Gasteiger partial charge is 0.0801 e. The number of hydrogen-bond acceptors (Lipinski definition) is 3. The highest BCUT2D eigenvalue weighted by molar-refractivity contribution is 5.88. The van der Waals surface area contributed by atoms with E-state index in [1.807, 2.05) is 0 Å². The average molecular weight is 310 g/mol. The molecule has 0 saturated heterocycles. The molecule has 0 unspecified atom stereocenters. The molecule has 0 spiro atoms. The van der Waals surface area contributed by atoms with Gasteiger partial charge in [0.15, 0.2) is 0 Å². The summed E-state index contributed by atoms with van der Waals surface area (Å²) < 4.78 is 17.6. The summed E-state index contributed by atoms with van der Waals surface area (Å²) in [6, 6.07) is 0. The Morgan fingerprint density at radius 2 is 1.17 bits per heavy atom. The van der Waals surface area contributed by atoms with Crippen LogP contribution in [0, 0.1) is 0 Å². The fraction of sp³-hybridized carbons (Fsp3) is 0.400. The Hall–Kier alpha value is -1.68. The van der Waals surface area contributed by atoms with E-state index in [1.165, 1.54) is 33.4 Å². The van der Waals surface area contributed by atoms with Gasteiger partial charge in [0, 0.05) is 0 Å². The van der Waals surface area contributed by atoms with Crippen LogP contribution in [0.25, 0.3) is 16.7 Å². The fourth-order valence-electron chi connectivity index (χ4n) is 3.93. The zero-order valence-electron chi connectivity index (χ0n) is 13.8. The largest absolute Gasteiger partial charge is 0.372 e. The van der Waals surface area contributed by atoms with Gasteiger partial charge in [-0.2, -0.15) is 0 Å². The van der Waals surface area contributed by atoms with E-state index in [0.29, 0.717) is 26.4 Å². The van der Waals surface area contributed by atoms with Gasteiger partial charge in [-0.3, -0.25) is 0 Å². The van der Waals surface area contributed by atoms with Crippen molar-refractivity contribution in [3.05, 3.63) is 53.1 Å². The Kier molecular flexibility index (Phi) is 3.34. The molecule has 3 heteroatoms. The van der Waals surface area contributed by atoms with Crippen molar-refractivity contribution in [3.8, 4) is 0 Å². The van der Waals surface area contributed by atoms with Gasteiger partial charge in [0.2, 0.25) is 0 Å². The zero-order valence-corrected chi connectivity index (χ0v) is 13.8. The second kappa shape index (κ2) is 5.17. The molecule has 0 aromatic heterocycles. The maximum absolute atomic E-state index is 5.94. The SMILES string of the molecule is C=C1COCc2c1c1c(c3c2C(=C)[C@H](C)OC3)C(=C)[C@@H](C)OC1. The topological polar surface area (TPSA) is 27.7 Å². The van der Waals surface area contributed by atoms with E-state index in [9.17, 15) is 0 Å². The quantitative estimate of drug-likeness (QED) is 0.722. The molecule has 0 radical (unpaired) electrons. The summed E-state index contributed by atoms with van der Waals surface area (Å²) in [6.45, 7) is 19.3. The monoisotopic (exact) mass is 310 g/mol. The molecule has 23 heavy (non-hydrogen) atoms. The first-order chi connectivity index (χ1) is 11.0. The van der Waals surface area contributed by atoms with E-state index in [1.54, 1.807) is 0 Å². The van der Waals surface area contributed by atoms with Crippen LogP contribution >= 0.6 is 0 Å². The molecule has 0 bridgehead atoms. The molecule has 1 aromatic carbocycles. The highest BCUT2D eigenvalue weighted by Gasteiger charge is 2.35. The summed E-state index contributed by atoms with van der Waals surface area (Å²) >= 11 is 0. The second-order valence-electron chi connectivity index (χ2n) is 6.61. The van der Waals surface area contributed by atoms with E-state index in [4.69, 9.17) is 14.2 Å². The van der Waals surface area contributed by atoms with Gasteiger partial charge >= 0.3 is 0 Å². The van der Waals surface area contributed by atoms with Crippen molar-refractivity contribution in [1.82, 2.24) is 0 Å². The summed E-state index contributed by atoms with van der Waals surface area (Å²) in [7, 11) is 0. The predicted molar refractivity (Wildman–Crippen MR) is 91.7 cm³/mol. The van der Waals surface area contributed by atoms with Crippen molar-refractivity contribution < 1.29 is 14.2 Å². The van der Waals surface area contributed by atoms with Gasteiger partial charge in [0.05, 0.1) is 38.6 Å². The summed E-state index contributed by atoms with van der Waals surface area (Å²) in [4.78, 5) is 0. The van der Waals surface area contributed by atoms with E-state index >= 15 is 0 Å². The summed E-state index contributed by atoms with van der Waals surface area (Å²) in [5.41, 5.74) is 10.3. The number of ether oxygens (including phenoxy) is 3. The second-order valence-corrected chi connectivity index (χ2v) is 6.61. The van der Waals surface area contributed by atoms with Crippen LogP contribution in [0.5, 0.6) is 0 Å². The number of hydrogen-bond donors (Lipinski definition) is 0. The Morgan fingerprint density at radius 3 is 1.74 bits per heavy atom. The van der Waals surface area contributed by atoms with Gasteiger partial charge in [-0.05, 0) is 63.9 Å². The standard InChI is InChI=1S/C20H22O3/c1-10-6-21-7-15-18(10)16-8-22-14(5)12(3)20(16)17-9-23-13(4)11(2)19(15)17/h13-14H,1-3,6-9H2,4-5H3/t13-,14+/m0/s1. The maximum atomic E-state index is 5.94. The maximum Gasteiger partial charge on any atom is 0.0801 e. The number of rotatable bonds is 0. The molecule has 2 atom stereocenters. The average Bonchev–Trinajstić information content (AvgIpc) is 2.53. The van der Waals surface area contributed by atoms with Crippen LogP contribution in [0.3, 0.4) is 0 Å². The molecule has 0 saturated carbocycles.